The normalized spacial score (nSPS) is 14.2. The Labute approximate surface area is 177 Å². The van der Waals surface area contributed by atoms with E-state index in [1.54, 1.807) is 24.3 Å². The van der Waals surface area contributed by atoms with Crippen molar-refractivity contribution in [3.63, 3.8) is 0 Å². The van der Waals surface area contributed by atoms with Crippen molar-refractivity contribution in [2.75, 3.05) is 36.4 Å². The van der Waals surface area contributed by atoms with E-state index in [9.17, 15) is 9.59 Å². The molecule has 0 bridgehead atoms. The van der Waals surface area contributed by atoms with Crippen LogP contribution in [-0.4, -0.2) is 42.9 Å². The standard InChI is InChI=1S/C23H28ClN3O2/c1-3-17(4-2)23(29)27-15-13-26(14-16-27)21-11-9-20(10-12-21)25-22(28)18-5-7-19(24)8-6-18/h5-12,17H,3-4,13-16H2,1-2H3,(H,25,28). The molecule has 0 atom stereocenters. The summed E-state index contributed by atoms with van der Waals surface area (Å²) in [6.45, 7) is 7.31. The minimum absolute atomic E-state index is 0.144. The summed E-state index contributed by atoms with van der Waals surface area (Å²) >= 11 is 5.87. The predicted molar refractivity (Wildman–Crippen MR) is 119 cm³/mol. The minimum atomic E-state index is -0.164. The lowest BCUT2D eigenvalue weighted by Crippen LogP contribution is -2.50. The number of nitrogens with one attached hydrogen (secondary N) is 1. The predicted octanol–water partition coefficient (Wildman–Crippen LogP) is 4.68. The number of rotatable bonds is 6. The summed E-state index contributed by atoms with van der Waals surface area (Å²) in [4.78, 5) is 29.1. The molecule has 1 fully saturated rings. The van der Waals surface area contributed by atoms with Crippen molar-refractivity contribution < 1.29 is 9.59 Å². The number of amides is 2. The molecule has 0 aromatic heterocycles. The zero-order valence-electron chi connectivity index (χ0n) is 17.0. The summed E-state index contributed by atoms with van der Waals surface area (Å²) in [5.41, 5.74) is 2.41. The van der Waals surface area contributed by atoms with Gasteiger partial charge >= 0.3 is 0 Å². The summed E-state index contributed by atoms with van der Waals surface area (Å²) < 4.78 is 0. The molecule has 154 valence electrons. The Morgan fingerprint density at radius 1 is 0.931 bits per heavy atom. The summed E-state index contributed by atoms with van der Waals surface area (Å²) in [5.74, 6) is 0.267. The van der Waals surface area contributed by atoms with Gasteiger partial charge in [-0.3, -0.25) is 9.59 Å². The molecule has 29 heavy (non-hydrogen) atoms. The third-order valence-corrected chi connectivity index (χ3v) is 5.77. The second kappa shape index (κ2) is 9.79. The Hall–Kier alpha value is -2.53. The summed E-state index contributed by atoms with van der Waals surface area (Å²) in [6, 6.07) is 14.6. The third-order valence-electron chi connectivity index (χ3n) is 5.52. The first-order valence-electron chi connectivity index (χ1n) is 10.2. The number of hydrogen-bond donors (Lipinski definition) is 1. The van der Waals surface area contributed by atoms with Gasteiger partial charge in [-0.05, 0) is 61.4 Å². The molecule has 0 unspecified atom stereocenters. The Kier molecular flexibility index (Phi) is 7.15. The quantitative estimate of drug-likeness (QED) is 0.748. The van der Waals surface area contributed by atoms with Gasteiger partial charge in [0.1, 0.15) is 0 Å². The van der Waals surface area contributed by atoms with E-state index in [-0.39, 0.29) is 17.7 Å². The van der Waals surface area contributed by atoms with Crippen LogP contribution in [0.25, 0.3) is 0 Å². The maximum atomic E-state index is 12.5. The van der Waals surface area contributed by atoms with Crippen molar-refractivity contribution >= 4 is 34.8 Å². The highest BCUT2D eigenvalue weighted by atomic mass is 35.5. The number of anilines is 2. The molecular formula is C23H28ClN3O2. The second-order valence-electron chi connectivity index (χ2n) is 7.33. The zero-order valence-corrected chi connectivity index (χ0v) is 17.8. The zero-order chi connectivity index (χ0) is 20.8. The van der Waals surface area contributed by atoms with Gasteiger partial charge in [-0.1, -0.05) is 25.4 Å². The number of hydrogen-bond acceptors (Lipinski definition) is 3. The molecule has 1 saturated heterocycles. The molecule has 3 rings (SSSR count). The molecule has 1 heterocycles. The summed E-state index contributed by atoms with van der Waals surface area (Å²) in [5, 5.41) is 3.51. The smallest absolute Gasteiger partial charge is 0.255 e. The summed E-state index contributed by atoms with van der Waals surface area (Å²) in [7, 11) is 0. The first-order chi connectivity index (χ1) is 14.0. The molecule has 0 saturated carbocycles. The Morgan fingerprint density at radius 3 is 2.07 bits per heavy atom. The highest BCUT2D eigenvalue weighted by Gasteiger charge is 2.25. The molecule has 0 radical (unpaired) electrons. The SMILES string of the molecule is CCC(CC)C(=O)N1CCN(c2ccc(NC(=O)c3ccc(Cl)cc3)cc2)CC1. The molecule has 1 aliphatic rings. The molecule has 0 spiro atoms. The topological polar surface area (TPSA) is 52.7 Å². The highest BCUT2D eigenvalue weighted by molar-refractivity contribution is 6.30. The maximum absolute atomic E-state index is 12.5. The molecule has 2 aromatic rings. The number of carbonyl (C=O) groups excluding carboxylic acids is 2. The van der Waals surface area contributed by atoms with Gasteiger partial charge in [0.05, 0.1) is 0 Å². The summed E-state index contributed by atoms with van der Waals surface area (Å²) in [6.07, 6.45) is 1.80. The van der Waals surface area contributed by atoms with Crippen LogP contribution in [0.3, 0.4) is 0 Å². The molecule has 2 amide bonds. The number of halogens is 1. The number of nitrogens with zero attached hydrogens (tertiary/aromatic N) is 2. The van der Waals surface area contributed by atoms with Crippen molar-refractivity contribution in [2.24, 2.45) is 5.92 Å². The number of benzene rings is 2. The number of piperazine rings is 1. The van der Waals surface area contributed by atoms with Crippen molar-refractivity contribution in [2.45, 2.75) is 26.7 Å². The monoisotopic (exact) mass is 413 g/mol. The average Bonchev–Trinajstić information content (AvgIpc) is 2.75. The molecule has 0 aliphatic carbocycles. The van der Waals surface area contributed by atoms with Gasteiger partial charge in [-0.15, -0.1) is 0 Å². The Balaban J connectivity index is 1.55. The van der Waals surface area contributed by atoms with Crippen LogP contribution < -0.4 is 10.2 Å². The van der Waals surface area contributed by atoms with Crippen LogP contribution in [0, 0.1) is 5.92 Å². The van der Waals surface area contributed by atoms with Crippen molar-refractivity contribution in [3.8, 4) is 0 Å². The van der Waals surface area contributed by atoms with Gasteiger partial charge in [-0.2, -0.15) is 0 Å². The first-order valence-corrected chi connectivity index (χ1v) is 10.6. The molecule has 5 nitrogen and oxygen atoms in total. The van der Waals surface area contributed by atoms with Crippen LogP contribution in [0.2, 0.25) is 5.02 Å². The van der Waals surface area contributed by atoms with Crippen LogP contribution in [0.4, 0.5) is 11.4 Å². The van der Waals surface area contributed by atoms with Crippen molar-refractivity contribution in [3.05, 3.63) is 59.1 Å². The number of carbonyl (C=O) groups is 2. The van der Waals surface area contributed by atoms with E-state index in [1.165, 1.54) is 0 Å². The van der Waals surface area contributed by atoms with Crippen LogP contribution in [0.15, 0.2) is 48.5 Å². The van der Waals surface area contributed by atoms with Crippen molar-refractivity contribution in [1.29, 1.82) is 0 Å². The second-order valence-corrected chi connectivity index (χ2v) is 7.77. The van der Waals surface area contributed by atoms with E-state index in [4.69, 9.17) is 11.6 Å². The molecule has 1 N–H and O–H groups in total. The fourth-order valence-electron chi connectivity index (χ4n) is 3.64. The molecule has 1 aliphatic heterocycles. The maximum Gasteiger partial charge on any atom is 0.255 e. The lowest BCUT2D eigenvalue weighted by Gasteiger charge is -2.37. The largest absolute Gasteiger partial charge is 0.368 e. The third kappa shape index (κ3) is 5.30. The van der Waals surface area contributed by atoms with E-state index < -0.39 is 0 Å². The molecular weight excluding hydrogens is 386 g/mol. The van der Waals surface area contributed by atoms with Crippen LogP contribution in [0.5, 0.6) is 0 Å². The van der Waals surface area contributed by atoms with Crippen LogP contribution >= 0.6 is 11.6 Å². The van der Waals surface area contributed by atoms with Gasteiger partial charge in [-0.25, -0.2) is 0 Å². The van der Waals surface area contributed by atoms with E-state index in [1.807, 2.05) is 29.2 Å². The fraction of sp³-hybridized carbons (Fsp3) is 0.391. The van der Waals surface area contributed by atoms with E-state index in [2.05, 4.69) is 24.1 Å². The van der Waals surface area contributed by atoms with Gasteiger partial charge in [0.25, 0.3) is 5.91 Å². The van der Waals surface area contributed by atoms with E-state index in [0.29, 0.717) is 10.6 Å². The lowest BCUT2D eigenvalue weighted by molar-refractivity contribution is -0.136. The average molecular weight is 414 g/mol. The van der Waals surface area contributed by atoms with Crippen LogP contribution in [-0.2, 0) is 4.79 Å². The highest BCUT2D eigenvalue weighted by Crippen LogP contribution is 2.21. The van der Waals surface area contributed by atoms with E-state index in [0.717, 1.165) is 50.4 Å². The first kappa shape index (κ1) is 21.2. The van der Waals surface area contributed by atoms with Gasteiger partial charge in [0, 0.05) is 54.1 Å². The minimum Gasteiger partial charge on any atom is -0.368 e. The Morgan fingerprint density at radius 2 is 1.52 bits per heavy atom. The van der Waals surface area contributed by atoms with Gasteiger partial charge in [0.15, 0.2) is 0 Å². The lowest BCUT2D eigenvalue weighted by atomic mass is 10.0. The van der Waals surface area contributed by atoms with E-state index >= 15 is 0 Å². The van der Waals surface area contributed by atoms with Crippen LogP contribution in [0.1, 0.15) is 37.0 Å². The van der Waals surface area contributed by atoms with Crippen molar-refractivity contribution in [1.82, 2.24) is 4.90 Å². The molecule has 2 aromatic carbocycles. The molecule has 6 heteroatoms. The fourth-order valence-corrected chi connectivity index (χ4v) is 3.77. The Bertz CT molecular complexity index is 824. The van der Waals surface area contributed by atoms with Gasteiger partial charge in [0.2, 0.25) is 5.91 Å². The van der Waals surface area contributed by atoms with Gasteiger partial charge < -0.3 is 15.1 Å².